The van der Waals surface area contributed by atoms with Crippen LogP contribution in [0, 0.1) is 12.7 Å². The molecule has 0 radical (unpaired) electrons. The maximum atomic E-state index is 13.4. The summed E-state index contributed by atoms with van der Waals surface area (Å²) in [6, 6.07) is 23.9. The van der Waals surface area contributed by atoms with Crippen molar-refractivity contribution in [2.45, 2.75) is 32.6 Å². The van der Waals surface area contributed by atoms with Crippen molar-refractivity contribution in [3.63, 3.8) is 0 Å². The van der Waals surface area contributed by atoms with Crippen molar-refractivity contribution in [2.75, 3.05) is 20.2 Å². The van der Waals surface area contributed by atoms with Crippen LogP contribution in [0.2, 0.25) is 0 Å². The Kier molecular flexibility index (Phi) is 6.46. The second-order valence-corrected chi connectivity index (χ2v) is 8.02. The second kappa shape index (κ2) is 9.41. The Bertz CT molecular complexity index is 900. The van der Waals surface area contributed by atoms with Crippen molar-refractivity contribution in [2.24, 2.45) is 0 Å². The molecule has 3 aromatic carbocycles. The maximum absolute atomic E-state index is 13.4. The maximum Gasteiger partial charge on any atom is 0.124 e. The number of methoxy groups -OCH3 is 1. The Hall–Kier alpha value is -2.69. The van der Waals surface area contributed by atoms with E-state index in [1.54, 1.807) is 19.2 Å². The van der Waals surface area contributed by atoms with Crippen molar-refractivity contribution in [1.29, 1.82) is 0 Å². The molecule has 0 saturated carbocycles. The van der Waals surface area contributed by atoms with Gasteiger partial charge >= 0.3 is 0 Å². The fraction of sp³-hybridized carbons (Fsp3) is 0.308. The Balaban J connectivity index is 1.67. The SMILES string of the molecule is COc1ccccc1C1N(Cc2ccc(C)cc2)CCCN1Cc1ccc(F)cc1. The predicted molar refractivity (Wildman–Crippen MR) is 119 cm³/mol. The summed E-state index contributed by atoms with van der Waals surface area (Å²) in [6.07, 6.45) is 1.19. The van der Waals surface area contributed by atoms with Crippen molar-refractivity contribution in [3.8, 4) is 5.75 Å². The number of rotatable bonds is 6. The van der Waals surface area contributed by atoms with Gasteiger partial charge < -0.3 is 4.74 Å². The molecular formula is C26H29FN2O. The van der Waals surface area contributed by atoms with Crippen molar-refractivity contribution in [3.05, 3.63) is 101 Å². The van der Waals surface area contributed by atoms with Crippen LogP contribution in [0.1, 0.15) is 34.8 Å². The molecule has 156 valence electrons. The van der Waals surface area contributed by atoms with Gasteiger partial charge in [0.25, 0.3) is 0 Å². The number of halogens is 1. The average molecular weight is 405 g/mol. The molecule has 3 aromatic rings. The average Bonchev–Trinajstić information content (AvgIpc) is 2.77. The van der Waals surface area contributed by atoms with Crippen LogP contribution < -0.4 is 4.74 Å². The van der Waals surface area contributed by atoms with E-state index in [0.29, 0.717) is 0 Å². The zero-order valence-electron chi connectivity index (χ0n) is 17.7. The molecule has 4 rings (SSSR count). The molecular weight excluding hydrogens is 375 g/mol. The highest BCUT2D eigenvalue weighted by molar-refractivity contribution is 5.36. The zero-order chi connectivity index (χ0) is 20.9. The minimum Gasteiger partial charge on any atom is -0.496 e. The minimum absolute atomic E-state index is 0.0984. The lowest BCUT2D eigenvalue weighted by Gasteiger charge is -2.44. The third-order valence-corrected chi connectivity index (χ3v) is 5.80. The lowest BCUT2D eigenvalue weighted by Crippen LogP contribution is -2.47. The van der Waals surface area contributed by atoms with Gasteiger partial charge in [-0.05, 0) is 42.7 Å². The third kappa shape index (κ3) is 4.72. The van der Waals surface area contributed by atoms with Crippen LogP contribution >= 0.6 is 0 Å². The predicted octanol–water partition coefficient (Wildman–Crippen LogP) is 5.55. The highest BCUT2D eigenvalue weighted by Gasteiger charge is 2.32. The van der Waals surface area contributed by atoms with Gasteiger partial charge in [0, 0.05) is 31.7 Å². The summed E-state index contributed by atoms with van der Waals surface area (Å²) in [5, 5.41) is 0. The van der Waals surface area contributed by atoms with E-state index >= 15 is 0 Å². The van der Waals surface area contributed by atoms with E-state index in [1.807, 2.05) is 24.3 Å². The molecule has 1 atom stereocenters. The molecule has 3 nitrogen and oxygen atoms in total. The van der Waals surface area contributed by atoms with E-state index in [1.165, 1.54) is 16.7 Å². The Morgan fingerprint density at radius 3 is 2.00 bits per heavy atom. The Labute approximate surface area is 178 Å². The summed E-state index contributed by atoms with van der Waals surface area (Å²) >= 11 is 0. The zero-order valence-corrected chi connectivity index (χ0v) is 17.7. The molecule has 30 heavy (non-hydrogen) atoms. The van der Waals surface area contributed by atoms with Gasteiger partial charge in [-0.1, -0.05) is 60.2 Å². The van der Waals surface area contributed by atoms with Crippen LogP contribution in [-0.2, 0) is 13.1 Å². The summed E-state index contributed by atoms with van der Waals surface area (Å²) in [5.74, 6) is 0.710. The smallest absolute Gasteiger partial charge is 0.124 e. The summed E-state index contributed by atoms with van der Waals surface area (Å²) in [4.78, 5) is 5.00. The molecule has 4 heteroatoms. The van der Waals surface area contributed by atoms with Gasteiger partial charge in [-0.3, -0.25) is 9.80 Å². The molecule has 0 amide bonds. The molecule has 1 unspecified atom stereocenters. The number of hydrogen-bond donors (Lipinski definition) is 0. The monoisotopic (exact) mass is 404 g/mol. The van der Waals surface area contributed by atoms with Crippen molar-refractivity contribution in [1.82, 2.24) is 9.80 Å². The van der Waals surface area contributed by atoms with Crippen LogP contribution in [0.4, 0.5) is 4.39 Å². The number of ether oxygens (including phenoxy) is 1. The normalized spacial score (nSPS) is 17.8. The largest absolute Gasteiger partial charge is 0.496 e. The summed E-state index contributed by atoms with van der Waals surface area (Å²) in [6.45, 7) is 5.78. The van der Waals surface area contributed by atoms with E-state index in [4.69, 9.17) is 4.74 Å². The molecule has 1 heterocycles. The number of aryl methyl sites for hydroxylation is 1. The van der Waals surface area contributed by atoms with Crippen LogP contribution in [0.3, 0.4) is 0 Å². The third-order valence-electron chi connectivity index (χ3n) is 5.80. The molecule has 1 saturated heterocycles. The lowest BCUT2D eigenvalue weighted by atomic mass is 10.0. The molecule has 0 aromatic heterocycles. The highest BCUT2D eigenvalue weighted by Crippen LogP contribution is 2.36. The van der Waals surface area contributed by atoms with Crippen LogP contribution in [0.25, 0.3) is 0 Å². The first-order chi connectivity index (χ1) is 14.6. The van der Waals surface area contributed by atoms with Crippen LogP contribution in [-0.4, -0.2) is 30.0 Å². The first-order valence-corrected chi connectivity index (χ1v) is 10.5. The van der Waals surface area contributed by atoms with Crippen LogP contribution in [0.15, 0.2) is 72.8 Å². The van der Waals surface area contributed by atoms with Gasteiger partial charge in [0.15, 0.2) is 0 Å². The fourth-order valence-corrected chi connectivity index (χ4v) is 4.31. The highest BCUT2D eigenvalue weighted by atomic mass is 19.1. The number of benzene rings is 3. The molecule has 0 spiro atoms. The van der Waals surface area contributed by atoms with E-state index in [9.17, 15) is 4.39 Å². The number of hydrogen-bond acceptors (Lipinski definition) is 3. The van der Waals surface area contributed by atoms with E-state index in [0.717, 1.165) is 43.9 Å². The van der Waals surface area contributed by atoms with Gasteiger partial charge in [-0.2, -0.15) is 0 Å². The van der Waals surface area contributed by atoms with Gasteiger partial charge in [0.05, 0.1) is 13.3 Å². The lowest BCUT2D eigenvalue weighted by molar-refractivity contribution is -0.0103. The first-order valence-electron chi connectivity index (χ1n) is 10.5. The van der Waals surface area contributed by atoms with E-state index < -0.39 is 0 Å². The number of nitrogens with zero attached hydrogens (tertiary/aromatic N) is 2. The van der Waals surface area contributed by atoms with Gasteiger partial charge in [0.2, 0.25) is 0 Å². The van der Waals surface area contributed by atoms with Crippen LogP contribution in [0.5, 0.6) is 5.75 Å². The quantitative estimate of drug-likeness (QED) is 0.536. The first kappa shape index (κ1) is 20.6. The van der Waals surface area contributed by atoms with Crippen molar-refractivity contribution >= 4 is 0 Å². The molecule has 1 fully saturated rings. The summed E-state index contributed by atoms with van der Waals surface area (Å²) < 4.78 is 19.1. The molecule has 0 aliphatic carbocycles. The van der Waals surface area contributed by atoms with Gasteiger partial charge in [0.1, 0.15) is 11.6 Å². The Morgan fingerprint density at radius 1 is 0.833 bits per heavy atom. The molecule has 0 bridgehead atoms. The molecule has 1 aliphatic heterocycles. The Morgan fingerprint density at radius 2 is 1.40 bits per heavy atom. The molecule has 1 aliphatic rings. The topological polar surface area (TPSA) is 15.7 Å². The van der Waals surface area contributed by atoms with Gasteiger partial charge in [-0.25, -0.2) is 4.39 Å². The summed E-state index contributed by atoms with van der Waals surface area (Å²) in [7, 11) is 1.73. The van der Waals surface area contributed by atoms with E-state index in [-0.39, 0.29) is 12.0 Å². The second-order valence-electron chi connectivity index (χ2n) is 8.02. The van der Waals surface area contributed by atoms with Gasteiger partial charge in [-0.15, -0.1) is 0 Å². The minimum atomic E-state index is -0.195. The number of para-hydroxylation sites is 1. The van der Waals surface area contributed by atoms with Crippen molar-refractivity contribution < 1.29 is 9.13 Å². The summed E-state index contributed by atoms with van der Waals surface area (Å²) in [5.41, 5.74) is 4.88. The van der Waals surface area contributed by atoms with E-state index in [2.05, 4.69) is 53.1 Å². The fourth-order valence-electron chi connectivity index (χ4n) is 4.31. The standard InChI is InChI=1S/C26H29FN2O/c1-20-8-10-21(11-9-20)18-28-16-5-17-29(19-22-12-14-23(27)15-13-22)26(28)24-6-3-4-7-25(24)30-2/h3-4,6-15,26H,5,16-19H2,1-2H3. The molecule has 0 N–H and O–H groups in total.